The van der Waals surface area contributed by atoms with Crippen LogP contribution in [0.15, 0.2) is 51.8 Å². The molecule has 0 saturated carbocycles. The highest BCUT2D eigenvalue weighted by atomic mass is 79.9. The van der Waals surface area contributed by atoms with Crippen LogP contribution in [-0.4, -0.2) is 11.8 Å². The third kappa shape index (κ3) is 4.93. The Kier molecular flexibility index (Phi) is 5.64. The van der Waals surface area contributed by atoms with Gasteiger partial charge in [0.15, 0.2) is 0 Å². The lowest BCUT2D eigenvalue weighted by atomic mass is 10.1. The second-order valence-corrected chi connectivity index (χ2v) is 6.88. The van der Waals surface area contributed by atoms with Crippen molar-refractivity contribution in [3.8, 4) is 0 Å². The molecule has 0 amide bonds. The Morgan fingerprint density at radius 3 is 2.55 bits per heavy atom. The zero-order valence-corrected chi connectivity index (χ0v) is 13.7. The summed E-state index contributed by atoms with van der Waals surface area (Å²) in [5, 5.41) is 0. The number of hydrogen-bond donors (Lipinski definition) is 1. The molecular weight excluding hydrogens is 337 g/mol. The number of halogens is 2. The highest BCUT2D eigenvalue weighted by molar-refractivity contribution is 9.10. The molecule has 106 valence electrons. The average molecular weight is 354 g/mol. The van der Waals surface area contributed by atoms with Crippen LogP contribution in [0.2, 0.25) is 0 Å². The van der Waals surface area contributed by atoms with Crippen molar-refractivity contribution in [1.82, 2.24) is 0 Å². The van der Waals surface area contributed by atoms with Crippen molar-refractivity contribution in [3.05, 3.63) is 63.9 Å². The number of benzene rings is 2. The highest BCUT2D eigenvalue weighted by Gasteiger charge is 2.07. The molecule has 1 unspecified atom stereocenters. The predicted molar refractivity (Wildman–Crippen MR) is 87.7 cm³/mol. The lowest BCUT2D eigenvalue weighted by Gasteiger charge is -2.12. The Hall–Kier alpha value is -0.840. The molecule has 0 aliphatic carbocycles. The molecule has 0 aromatic heterocycles. The lowest BCUT2D eigenvalue weighted by Crippen LogP contribution is -2.25. The van der Waals surface area contributed by atoms with Crippen molar-refractivity contribution >= 4 is 27.7 Å². The number of rotatable bonds is 5. The van der Waals surface area contributed by atoms with Crippen molar-refractivity contribution in [1.29, 1.82) is 0 Å². The molecule has 0 fully saturated rings. The van der Waals surface area contributed by atoms with Crippen LogP contribution in [0.25, 0.3) is 0 Å². The van der Waals surface area contributed by atoms with Crippen molar-refractivity contribution < 1.29 is 4.39 Å². The van der Waals surface area contributed by atoms with E-state index in [-0.39, 0.29) is 11.9 Å². The van der Waals surface area contributed by atoms with Gasteiger partial charge in [-0.3, -0.25) is 0 Å². The van der Waals surface area contributed by atoms with Crippen molar-refractivity contribution in [3.63, 3.8) is 0 Å². The van der Waals surface area contributed by atoms with Gasteiger partial charge < -0.3 is 5.73 Å². The first kappa shape index (κ1) is 15.5. The fourth-order valence-corrected chi connectivity index (χ4v) is 3.29. The number of hydrogen-bond acceptors (Lipinski definition) is 2. The van der Waals surface area contributed by atoms with E-state index < -0.39 is 0 Å². The minimum atomic E-state index is -0.229. The molecule has 0 heterocycles. The van der Waals surface area contributed by atoms with Gasteiger partial charge in [0.05, 0.1) is 0 Å². The van der Waals surface area contributed by atoms with Crippen LogP contribution in [-0.2, 0) is 6.42 Å². The van der Waals surface area contributed by atoms with Crippen molar-refractivity contribution in [2.45, 2.75) is 24.3 Å². The highest BCUT2D eigenvalue weighted by Crippen LogP contribution is 2.21. The third-order valence-electron chi connectivity index (χ3n) is 2.91. The Morgan fingerprint density at radius 2 is 1.90 bits per heavy atom. The van der Waals surface area contributed by atoms with Crippen LogP contribution in [0, 0.1) is 12.7 Å². The standard InChI is InChI=1S/C16H17BrFNS/c1-11-2-4-16(5-3-11)20-10-15(19)8-12-6-13(17)9-14(18)7-12/h2-7,9,15H,8,10,19H2,1H3. The van der Waals surface area contributed by atoms with Crippen LogP contribution in [0.5, 0.6) is 0 Å². The smallest absolute Gasteiger partial charge is 0.124 e. The van der Waals surface area contributed by atoms with E-state index >= 15 is 0 Å². The van der Waals surface area contributed by atoms with Crippen LogP contribution >= 0.6 is 27.7 Å². The first-order valence-electron chi connectivity index (χ1n) is 6.43. The lowest BCUT2D eigenvalue weighted by molar-refractivity contribution is 0.622. The number of thioether (sulfide) groups is 1. The summed E-state index contributed by atoms with van der Waals surface area (Å²) in [4.78, 5) is 1.21. The zero-order chi connectivity index (χ0) is 14.5. The maximum atomic E-state index is 13.3. The molecule has 2 N–H and O–H groups in total. The van der Waals surface area contributed by atoms with Crippen LogP contribution in [0.3, 0.4) is 0 Å². The van der Waals surface area contributed by atoms with Gasteiger partial charge >= 0.3 is 0 Å². The third-order valence-corrected chi connectivity index (χ3v) is 4.56. The van der Waals surface area contributed by atoms with Gasteiger partial charge in [-0.25, -0.2) is 4.39 Å². The fourth-order valence-electron chi connectivity index (χ4n) is 1.93. The molecule has 2 rings (SSSR count). The molecule has 0 spiro atoms. The molecular formula is C16H17BrFNS. The minimum Gasteiger partial charge on any atom is -0.327 e. The normalized spacial score (nSPS) is 12.4. The number of aryl methyl sites for hydroxylation is 1. The second kappa shape index (κ2) is 7.25. The summed E-state index contributed by atoms with van der Waals surface area (Å²) >= 11 is 5.03. The van der Waals surface area contributed by atoms with Gasteiger partial charge in [-0.05, 0) is 49.2 Å². The Bertz CT molecular complexity index is 551. The van der Waals surface area contributed by atoms with E-state index in [0.717, 1.165) is 15.8 Å². The first-order chi connectivity index (χ1) is 9.52. The molecule has 0 saturated heterocycles. The van der Waals surface area contributed by atoms with Crippen LogP contribution in [0.1, 0.15) is 11.1 Å². The number of nitrogens with two attached hydrogens (primary N) is 1. The molecule has 0 bridgehead atoms. The molecule has 0 aliphatic rings. The van der Waals surface area contributed by atoms with E-state index in [0.29, 0.717) is 6.42 Å². The zero-order valence-electron chi connectivity index (χ0n) is 11.3. The molecule has 4 heteroatoms. The van der Waals surface area contributed by atoms with E-state index in [1.165, 1.54) is 16.5 Å². The quantitative estimate of drug-likeness (QED) is 0.797. The molecule has 1 nitrogen and oxygen atoms in total. The van der Waals surface area contributed by atoms with Gasteiger partial charge in [-0.1, -0.05) is 33.6 Å². The van der Waals surface area contributed by atoms with Crippen LogP contribution in [0.4, 0.5) is 4.39 Å². The second-order valence-electron chi connectivity index (χ2n) is 4.87. The Morgan fingerprint density at radius 1 is 1.20 bits per heavy atom. The van der Waals surface area contributed by atoms with Crippen molar-refractivity contribution in [2.24, 2.45) is 5.73 Å². The minimum absolute atomic E-state index is 0.00926. The molecule has 2 aromatic carbocycles. The van der Waals surface area contributed by atoms with E-state index in [4.69, 9.17) is 5.73 Å². The predicted octanol–water partition coefficient (Wildman–Crippen LogP) is 4.56. The first-order valence-corrected chi connectivity index (χ1v) is 8.21. The summed E-state index contributed by atoms with van der Waals surface area (Å²) in [5.74, 6) is 0.588. The average Bonchev–Trinajstić information content (AvgIpc) is 2.37. The van der Waals surface area contributed by atoms with E-state index in [2.05, 4.69) is 47.1 Å². The Labute approximate surface area is 131 Å². The van der Waals surface area contributed by atoms with Crippen molar-refractivity contribution in [2.75, 3.05) is 5.75 Å². The Balaban J connectivity index is 1.88. The summed E-state index contributed by atoms with van der Waals surface area (Å²) in [5.41, 5.74) is 8.30. The van der Waals surface area contributed by atoms with Gasteiger partial charge in [0.25, 0.3) is 0 Å². The molecule has 20 heavy (non-hydrogen) atoms. The van der Waals surface area contributed by atoms with Gasteiger partial charge in [0.2, 0.25) is 0 Å². The van der Waals surface area contributed by atoms with Gasteiger partial charge in [0.1, 0.15) is 5.82 Å². The SMILES string of the molecule is Cc1ccc(SCC(N)Cc2cc(F)cc(Br)c2)cc1. The van der Waals surface area contributed by atoms with Gasteiger partial charge in [0, 0.05) is 21.2 Å². The van der Waals surface area contributed by atoms with Crippen LogP contribution < -0.4 is 5.73 Å². The maximum absolute atomic E-state index is 13.3. The van der Waals surface area contributed by atoms with E-state index in [1.807, 2.05) is 6.07 Å². The molecule has 1 atom stereocenters. The van der Waals surface area contributed by atoms with Gasteiger partial charge in [-0.2, -0.15) is 0 Å². The van der Waals surface area contributed by atoms with Gasteiger partial charge in [-0.15, -0.1) is 11.8 Å². The largest absolute Gasteiger partial charge is 0.327 e. The maximum Gasteiger partial charge on any atom is 0.124 e. The summed E-state index contributed by atoms with van der Waals surface area (Å²) < 4.78 is 14.0. The van der Waals surface area contributed by atoms with E-state index in [1.54, 1.807) is 17.8 Å². The monoisotopic (exact) mass is 353 g/mol. The molecule has 2 aromatic rings. The fraction of sp³-hybridized carbons (Fsp3) is 0.250. The summed E-state index contributed by atoms with van der Waals surface area (Å²) in [6, 6.07) is 13.3. The summed E-state index contributed by atoms with van der Waals surface area (Å²) in [6.07, 6.45) is 0.676. The van der Waals surface area contributed by atoms with E-state index in [9.17, 15) is 4.39 Å². The summed E-state index contributed by atoms with van der Waals surface area (Å²) in [7, 11) is 0. The molecule has 0 radical (unpaired) electrons. The summed E-state index contributed by atoms with van der Waals surface area (Å²) in [6.45, 7) is 2.07. The topological polar surface area (TPSA) is 26.0 Å². The molecule has 0 aliphatic heterocycles.